The third-order valence-corrected chi connectivity index (χ3v) is 3.16. The van der Waals surface area contributed by atoms with Crippen molar-refractivity contribution in [1.82, 2.24) is 10.9 Å². The highest BCUT2D eigenvalue weighted by Gasteiger charge is 2.11. The van der Waals surface area contributed by atoms with Crippen molar-refractivity contribution in [3.05, 3.63) is 71.3 Å². The zero-order valence-corrected chi connectivity index (χ0v) is 13.0. The predicted octanol–water partition coefficient (Wildman–Crippen LogP) is 2.48. The van der Waals surface area contributed by atoms with E-state index in [0.717, 1.165) is 11.1 Å². The van der Waals surface area contributed by atoms with E-state index in [1.807, 2.05) is 31.2 Å². The number of carbonyl (C=O) groups is 2. The molecule has 5 heteroatoms. The molecule has 0 saturated carbocycles. The van der Waals surface area contributed by atoms with Gasteiger partial charge in [0.15, 0.2) is 0 Å². The van der Waals surface area contributed by atoms with Crippen LogP contribution in [0.15, 0.2) is 54.6 Å². The van der Waals surface area contributed by atoms with Crippen LogP contribution in [-0.2, 0) is 4.79 Å². The molecule has 2 N–H and O–H groups in total. The second-order valence-electron chi connectivity index (χ2n) is 4.89. The van der Waals surface area contributed by atoms with Crippen LogP contribution in [0.4, 0.5) is 0 Å². The molecule has 0 bridgehead atoms. The molecule has 0 radical (unpaired) electrons. The molecule has 0 aromatic heterocycles. The molecule has 0 unspecified atom stereocenters. The Balaban J connectivity index is 1.91. The highest BCUT2D eigenvalue weighted by Crippen LogP contribution is 2.16. The summed E-state index contributed by atoms with van der Waals surface area (Å²) in [5.74, 6) is -0.428. The number of carbonyl (C=O) groups excluding carboxylic acids is 2. The fourth-order valence-electron chi connectivity index (χ4n) is 1.91. The summed E-state index contributed by atoms with van der Waals surface area (Å²) < 4.78 is 5.10. The van der Waals surface area contributed by atoms with Gasteiger partial charge in [0, 0.05) is 6.08 Å². The van der Waals surface area contributed by atoms with Crippen LogP contribution in [-0.4, -0.2) is 18.9 Å². The van der Waals surface area contributed by atoms with Gasteiger partial charge >= 0.3 is 0 Å². The van der Waals surface area contributed by atoms with Gasteiger partial charge in [0.1, 0.15) is 5.75 Å². The van der Waals surface area contributed by atoms with Gasteiger partial charge in [0.25, 0.3) is 11.8 Å². The Morgan fingerprint density at radius 2 is 1.70 bits per heavy atom. The zero-order chi connectivity index (χ0) is 16.7. The average molecular weight is 310 g/mol. The molecule has 2 amide bonds. The number of hydrazine groups is 1. The van der Waals surface area contributed by atoms with Gasteiger partial charge in [-0.3, -0.25) is 20.4 Å². The predicted molar refractivity (Wildman–Crippen MR) is 88.8 cm³/mol. The molecule has 5 nitrogen and oxygen atoms in total. The van der Waals surface area contributed by atoms with Crippen LogP contribution in [0, 0.1) is 6.92 Å². The lowest BCUT2D eigenvalue weighted by Crippen LogP contribution is -2.40. The van der Waals surface area contributed by atoms with Gasteiger partial charge < -0.3 is 4.74 Å². The first-order valence-corrected chi connectivity index (χ1v) is 7.08. The van der Waals surface area contributed by atoms with Crippen LogP contribution in [0.3, 0.4) is 0 Å². The molecular weight excluding hydrogens is 292 g/mol. The second-order valence-corrected chi connectivity index (χ2v) is 4.89. The number of methoxy groups -OCH3 is 1. The van der Waals surface area contributed by atoms with E-state index in [1.54, 1.807) is 30.3 Å². The Morgan fingerprint density at radius 1 is 1.00 bits per heavy atom. The van der Waals surface area contributed by atoms with Crippen LogP contribution in [0.1, 0.15) is 21.5 Å². The van der Waals surface area contributed by atoms with Crippen LogP contribution < -0.4 is 15.6 Å². The minimum absolute atomic E-state index is 0.345. The molecule has 2 aromatic carbocycles. The van der Waals surface area contributed by atoms with E-state index < -0.39 is 11.8 Å². The Hall–Kier alpha value is -3.08. The third kappa shape index (κ3) is 4.71. The minimum Gasteiger partial charge on any atom is -0.496 e. The number of amides is 2. The van der Waals surface area contributed by atoms with Crippen molar-refractivity contribution in [2.75, 3.05) is 7.11 Å². The Morgan fingerprint density at radius 3 is 2.39 bits per heavy atom. The van der Waals surface area contributed by atoms with E-state index in [-0.39, 0.29) is 0 Å². The van der Waals surface area contributed by atoms with Crippen molar-refractivity contribution in [2.24, 2.45) is 0 Å². The van der Waals surface area contributed by atoms with Crippen molar-refractivity contribution >= 4 is 17.9 Å². The highest BCUT2D eigenvalue weighted by atomic mass is 16.5. The molecule has 0 aliphatic rings. The smallest absolute Gasteiger partial charge is 0.273 e. The fourth-order valence-corrected chi connectivity index (χ4v) is 1.91. The van der Waals surface area contributed by atoms with Gasteiger partial charge in [0.2, 0.25) is 0 Å². The summed E-state index contributed by atoms with van der Waals surface area (Å²) in [5, 5.41) is 0. The Bertz CT molecular complexity index is 721. The average Bonchev–Trinajstić information content (AvgIpc) is 2.59. The molecule has 2 rings (SSSR count). The van der Waals surface area contributed by atoms with E-state index in [0.29, 0.717) is 11.3 Å². The Kier molecular flexibility index (Phi) is 5.52. The summed E-state index contributed by atoms with van der Waals surface area (Å²) in [6.45, 7) is 1.99. The number of nitrogens with one attached hydrogen (secondary N) is 2. The quantitative estimate of drug-likeness (QED) is 0.673. The van der Waals surface area contributed by atoms with Crippen LogP contribution >= 0.6 is 0 Å². The standard InChI is InChI=1S/C18H18N2O3/c1-13-7-9-14(10-8-13)11-12-17(21)19-20-18(22)15-5-3-4-6-16(15)23-2/h3-12H,1-2H3,(H,19,21)(H,20,22). The van der Waals surface area contributed by atoms with Crippen molar-refractivity contribution in [1.29, 1.82) is 0 Å². The van der Waals surface area contributed by atoms with Crippen molar-refractivity contribution in [2.45, 2.75) is 6.92 Å². The van der Waals surface area contributed by atoms with Crippen LogP contribution in [0.25, 0.3) is 6.08 Å². The second kappa shape index (κ2) is 7.79. The number of hydrogen-bond donors (Lipinski definition) is 2. The molecule has 0 atom stereocenters. The van der Waals surface area contributed by atoms with Crippen LogP contribution in [0.2, 0.25) is 0 Å². The molecular formula is C18H18N2O3. The van der Waals surface area contributed by atoms with Crippen LogP contribution in [0.5, 0.6) is 5.75 Å². The maximum Gasteiger partial charge on any atom is 0.273 e. The van der Waals surface area contributed by atoms with Gasteiger partial charge in [-0.25, -0.2) is 0 Å². The van der Waals surface area contributed by atoms with E-state index in [9.17, 15) is 9.59 Å². The first-order valence-electron chi connectivity index (χ1n) is 7.08. The first-order chi connectivity index (χ1) is 11.1. The molecule has 2 aromatic rings. The molecule has 118 valence electrons. The summed E-state index contributed by atoms with van der Waals surface area (Å²) in [5.41, 5.74) is 7.08. The third-order valence-electron chi connectivity index (χ3n) is 3.16. The molecule has 0 heterocycles. The number of para-hydroxylation sites is 1. The van der Waals surface area contributed by atoms with Gasteiger partial charge in [-0.1, -0.05) is 42.0 Å². The largest absolute Gasteiger partial charge is 0.496 e. The van der Waals surface area contributed by atoms with Gasteiger partial charge in [-0.2, -0.15) is 0 Å². The number of hydrogen-bond acceptors (Lipinski definition) is 3. The zero-order valence-electron chi connectivity index (χ0n) is 13.0. The molecule has 0 fully saturated rings. The van der Waals surface area contributed by atoms with Crippen molar-refractivity contribution in [3.8, 4) is 5.75 Å². The number of rotatable bonds is 4. The Labute approximate surface area is 134 Å². The van der Waals surface area contributed by atoms with Gasteiger partial charge in [0.05, 0.1) is 12.7 Å². The summed E-state index contributed by atoms with van der Waals surface area (Å²) in [7, 11) is 1.48. The van der Waals surface area contributed by atoms with E-state index in [4.69, 9.17) is 4.74 Å². The molecule has 0 spiro atoms. The lowest BCUT2D eigenvalue weighted by molar-refractivity contribution is -0.117. The summed E-state index contributed by atoms with van der Waals surface area (Å²) >= 11 is 0. The SMILES string of the molecule is COc1ccccc1C(=O)NNC(=O)C=Cc1ccc(C)cc1. The minimum atomic E-state index is -0.445. The van der Waals surface area contributed by atoms with E-state index >= 15 is 0 Å². The number of aryl methyl sites for hydroxylation is 1. The van der Waals surface area contributed by atoms with Gasteiger partial charge in [-0.15, -0.1) is 0 Å². The first kappa shape index (κ1) is 16.3. The topological polar surface area (TPSA) is 67.4 Å². The normalized spacial score (nSPS) is 10.3. The van der Waals surface area contributed by atoms with Crippen molar-refractivity contribution in [3.63, 3.8) is 0 Å². The lowest BCUT2D eigenvalue weighted by atomic mass is 10.1. The fraction of sp³-hybridized carbons (Fsp3) is 0.111. The number of benzene rings is 2. The lowest BCUT2D eigenvalue weighted by Gasteiger charge is -2.08. The van der Waals surface area contributed by atoms with E-state index in [2.05, 4.69) is 10.9 Å². The summed E-state index contributed by atoms with van der Waals surface area (Å²) in [6, 6.07) is 14.5. The maximum absolute atomic E-state index is 12.0. The number of ether oxygens (including phenoxy) is 1. The molecule has 0 aliphatic heterocycles. The monoisotopic (exact) mass is 310 g/mol. The van der Waals surface area contributed by atoms with Gasteiger partial charge in [-0.05, 0) is 30.7 Å². The molecule has 0 aliphatic carbocycles. The van der Waals surface area contributed by atoms with E-state index in [1.165, 1.54) is 13.2 Å². The summed E-state index contributed by atoms with van der Waals surface area (Å²) in [4.78, 5) is 23.7. The van der Waals surface area contributed by atoms with Crippen molar-refractivity contribution < 1.29 is 14.3 Å². The highest BCUT2D eigenvalue weighted by molar-refractivity contribution is 5.99. The molecule has 0 saturated heterocycles. The maximum atomic E-state index is 12.0. The molecule has 23 heavy (non-hydrogen) atoms. The summed E-state index contributed by atoms with van der Waals surface area (Å²) in [6.07, 6.45) is 3.03.